The minimum Gasteiger partial charge on any atom is -0.449 e. The highest BCUT2D eigenvalue weighted by Gasteiger charge is 2.04. The summed E-state index contributed by atoms with van der Waals surface area (Å²) in [5.41, 5.74) is 10.9. The molecule has 0 bridgehead atoms. The molecule has 0 radical (unpaired) electrons. The maximum Gasteiger partial charge on any atom is 0.284 e. The largest absolute Gasteiger partial charge is 0.449 e. The minimum absolute atomic E-state index is 0.443. The maximum atomic E-state index is 5.64. The smallest absolute Gasteiger partial charge is 0.284 e. The first-order valence-corrected chi connectivity index (χ1v) is 9.76. The summed E-state index contributed by atoms with van der Waals surface area (Å²) in [6.07, 6.45) is 4.50. The molecule has 0 aliphatic heterocycles. The van der Waals surface area contributed by atoms with Crippen LogP contribution in [0.15, 0.2) is 12.3 Å². The van der Waals surface area contributed by atoms with Gasteiger partial charge in [-0.3, -0.25) is 0 Å². The van der Waals surface area contributed by atoms with Crippen LogP contribution in [0.25, 0.3) is 0 Å². The van der Waals surface area contributed by atoms with E-state index in [2.05, 4.69) is 0 Å². The molecule has 1 atom stereocenters. The molecule has 0 aromatic carbocycles. The molecule has 0 spiro atoms. The molecule has 0 aromatic heterocycles. The van der Waals surface area contributed by atoms with Crippen molar-refractivity contribution in [3.8, 4) is 0 Å². The fourth-order valence-corrected chi connectivity index (χ4v) is 7.00. The molecule has 0 aliphatic carbocycles. The molecule has 90 valence electrons. The second-order valence-corrected chi connectivity index (χ2v) is 10.2. The molecule has 0 amide bonds. The molecule has 0 fully saturated rings. The number of hydrogen-bond donors (Lipinski definition) is 2. The van der Waals surface area contributed by atoms with E-state index in [9.17, 15) is 0 Å². The second kappa shape index (κ2) is 12.3. The average Bonchev–Trinajstić information content (AvgIpc) is 2.27. The first-order valence-electron chi connectivity index (χ1n) is 5.06. The first kappa shape index (κ1) is 15.2. The Balaban J connectivity index is 3.30. The van der Waals surface area contributed by atoms with Gasteiger partial charge in [-0.25, -0.2) is 0 Å². The zero-order chi connectivity index (χ0) is 11.4. The Bertz CT molecular complexity index is 163. The van der Waals surface area contributed by atoms with Gasteiger partial charge in [0.1, 0.15) is 20.2 Å². The van der Waals surface area contributed by atoms with Crippen molar-refractivity contribution >= 4 is 40.3 Å². The quantitative estimate of drug-likeness (QED) is 0.318. The van der Waals surface area contributed by atoms with Gasteiger partial charge in [-0.1, -0.05) is 6.08 Å². The average molecular weight is 283 g/mol. The fourth-order valence-electron chi connectivity index (χ4n) is 1.09. The normalized spacial score (nSPS) is 16.1. The van der Waals surface area contributed by atoms with Gasteiger partial charge in [0.15, 0.2) is 0 Å². The van der Waals surface area contributed by atoms with Crippen LogP contribution in [0.5, 0.6) is 0 Å². The van der Waals surface area contributed by atoms with Gasteiger partial charge < -0.3 is 23.8 Å². The Labute approximate surface area is 102 Å². The zero-order valence-corrected chi connectivity index (χ0v) is 15.6. The van der Waals surface area contributed by atoms with Crippen molar-refractivity contribution in [2.75, 3.05) is 6.54 Å². The van der Waals surface area contributed by atoms with Crippen LogP contribution in [-0.2, 0) is 12.3 Å². The zero-order valence-electron chi connectivity index (χ0n) is 9.35. The molecular weight excluding hydrogens is 260 g/mol. The maximum absolute atomic E-state index is 5.64. The molecule has 0 saturated heterocycles. The predicted molar refractivity (Wildman–Crippen MR) is 74.1 cm³/mol. The number of nitrogens with two attached hydrogens (primary N) is 2. The third-order valence-corrected chi connectivity index (χ3v) is 7.13. The SMILES string of the molecule is NC=CCC(CN)C[SiH2]O[SiH2]O[SiH2]O[SiH3]. The van der Waals surface area contributed by atoms with Crippen LogP contribution >= 0.6 is 0 Å². The van der Waals surface area contributed by atoms with Gasteiger partial charge in [0, 0.05) is 0 Å². The van der Waals surface area contributed by atoms with Gasteiger partial charge in [-0.2, -0.15) is 0 Å². The van der Waals surface area contributed by atoms with Crippen molar-refractivity contribution in [3.63, 3.8) is 0 Å². The van der Waals surface area contributed by atoms with E-state index in [1.807, 2.05) is 6.08 Å². The van der Waals surface area contributed by atoms with E-state index in [1.165, 1.54) is 0 Å². The molecule has 0 heterocycles. The summed E-state index contributed by atoms with van der Waals surface area (Å²) < 4.78 is 15.9. The number of rotatable bonds is 10. The highest BCUT2D eigenvalue weighted by molar-refractivity contribution is 6.44. The molecule has 1 unspecified atom stereocenters. The summed E-state index contributed by atoms with van der Waals surface area (Å²) in [4.78, 5) is 0. The fraction of sp³-hybridized carbons (Fsp3) is 0.667. The lowest BCUT2D eigenvalue weighted by molar-refractivity contribution is 0.434. The summed E-state index contributed by atoms with van der Waals surface area (Å²) >= 11 is 0. The lowest BCUT2D eigenvalue weighted by atomic mass is 10.1. The van der Waals surface area contributed by atoms with Gasteiger partial charge in [0.25, 0.3) is 20.0 Å². The minimum atomic E-state index is -0.732. The lowest BCUT2D eigenvalue weighted by Gasteiger charge is -2.12. The summed E-state index contributed by atoms with van der Waals surface area (Å²) in [6.45, 7) is 0.710. The van der Waals surface area contributed by atoms with Crippen molar-refractivity contribution in [3.05, 3.63) is 12.3 Å². The van der Waals surface area contributed by atoms with Crippen molar-refractivity contribution in [1.29, 1.82) is 0 Å². The van der Waals surface area contributed by atoms with Crippen molar-refractivity contribution in [2.24, 2.45) is 17.4 Å². The van der Waals surface area contributed by atoms with Crippen LogP contribution in [-0.4, -0.2) is 46.8 Å². The standard InChI is InChI=1S/C6H22N2O3Si4/c7-3-1-2-6(4-8)5-13-10-15-11-14-9-12/h1,3,6H,2,4-5,7-8,13-15H2,12H3. The van der Waals surface area contributed by atoms with E-state index in [4.69, 9.17) is 23.8 Å². The van der Waals surface area contributed by atoms with Crippen molar-refractivity contribution in [1.82, 2.24) is 0 Å². The van der Waals surface area contributed by atoms with Crippen LogP contribution in [0.2, 0.25) is 6.04 Å². The molecule has 0 rings (SSSR count). The van der Waals surface area contributed by atoms with E-state index in [-0.39, 0.29) is 0 Å². The van der Waals surface area contributed by atoms with Gasteiger partial charge in [0.05, 0.1) is 0 Å². The van der Waals surface area contributed by atoms with Gasteiger partial charge in [-0.05, 0) is 31.1 Å². The Morgan fingerprint density at radius 2 is 2.13 bits per heavy atom. The molecule has 15 heavy (non-hydrogen) atoms. The highest BCUT2D eigenvalue weighted by Crippen LogP contribution is 2.07. The van der Waals surface area contributed by atoms with Gasteiger partial charge in [0.2, 0.25) is 0 Å². The van der Waals surface area contributed by atoms with Gasteiger partial charge in [-0.15, -0.1) is 0 Å². The van der Waals surface area contributed by atoms with Crippen LogP contribution in [0, 0.1) is 5.92 Å². The Kier molecular flexibility index (Phi) is 12.5. The van der Waals surface area contributed by atoms with E-state index < -0.39 is 29.8 Å². The molecule has 4 N–H and O–H groups in total. The highest BCUT2D eigenvalue weighted by atomic mass is 28.4. The number of hydrogen-bond acceptors (Lipinski definition) is 5. The Morgan fingerprint density at radius 3 is 2.73 bits per heavy atom. The summed E-state index contributed by atoms with van der Waals surface area (Å²) in [6, 6.07) is 1.11. The van der Waals surface area contributed by atoms with E-state index in [1.54, 1.807) is 6.20 Å². The first-order chi connectivity index (χ1) is 7.35. The summed E-state index contributed by atoms with van der Waals surface area (Å²) in [5.74, 6) is 0.526. The molecule has 0 saturated carbocycles. The third-order valence-electron chi connectivity index (χ3n) is 1.98. The van der Waals surface area contributed by atoms with Crippen LogP contribution in [0.4, 0.5) is 0 Å². The van der Waals surface area contributed by atoms with E-state index in [0.717, 1.165) is 23.0 Å². The number of allylic oxidation sites excluding steroid dienone is 1. The van der Waals surface area contributed by atoms with E-state index in [0.29, 0.717) is 12.5 Å². The monoisotopic (exact) mass is 282 g/mol. The summed E-state index contributed by atoms with van der Waals surface area (Å²) in [5, 5.41) is 0. The molecule has 0 aromatic rings. The lowest BCUT2D eigenvalue weighted by Crippen LogP contribution is -2.19. The third kappa shape index (κ3) is 10.5. The van der Waals surface area contributed by atoms with Crippen LogP contribution in [0.1, 0.15) is 6.42 Å². The molecule has 0 aliphatic rings. The van der Waals surface area contributed by atoms with Gasteiger partial charge >= 0.3 is 0 Å². The van der Waals surface area contributed by atoms with E-state index >= 15 is 0 Å². The van der Waals surface area contributed by atoms with Crippen molar-refractivity contribution < 1.29 is 12.3 Å². The second-order valence-electron chi connectivity index (χ2n) is 3.19. The van der Waals surface area contributed by atoms with Crippen LogP contribution < -0.4 is 11.5 Å². The summed E-state index contributed by atoms with van der Waals surface area (Å²) in [7, 11) is -1.07. The van der Waals surface area contributed by atoms with Crippen molar-refractivity contribution in [2.45, 2.75) is 12.5 Å². The van der Waals surface area contributed by atoms with Crippen LogP contribution in [0.3, 0.4) is 0 Å². The Hall–Kier alpha value is 0.248. The predicted octanol–water partition coefficient (Wildman–Crippen LogP) is -3.75. The molecule has 5 nitrogen and oxygen atoms in total. The Morgan fingerprint density at radius 1 is 1.33 bits per heavy atom. The topological polar surface area (TPSA) is 79.7 Å². The molecular formula is C6H22N2O3Si4. The molecule has 9 heteroatoms.